The summed E-state index contributed by atoms with van der Waals surface area (Å²) >= 11 is 1.43. The molecule has 96 valence electrons. The lowest BCUT2D eigenvalue weighted by atomic mass is 10.2. The molecule has 1 amide bonds. The number of anilines is 1. The molecule has 0 aliphatic rings. The molecule has 1 aromatic heterocycles. The van der Waals surface area contributed by atoms with Gasteiger partial charge in [0.1, 0.15) is 4.88 Å². The zero-order chi connectivity index (χ0) is 13.0. The summed E-state index contributed by atoms with van der Waals surface area (Å²) in [6.45, 7) is 1.24. The molecule has 0 aliphatic carbocycles. The average Bonchev–Trinajstić information content (AvgIpc) is 2.73. The fourth-order valence-electron chi connectivity index (χ4n) is 1.73. The van der Waals surface area contributed by atoms with E-state index in [1.165, 1.54) is 11.3 Å². The topological polar surface area (TPSA) is 64.3 Å². The van der Waals surface area contributed by atoms with E-state index in [9.17, 15) is 4.79 Å². The maximum atomic E-state index is 12.0. The van der Waals surface area contributed by atoms with Gasteiger partial charge in [0.15, 0.2) is 0 Å². The Morgan fingerprint density at radius 3 is 2.94 bits per heavy atom. The van der Waals surface area contributed by atoms with E-state index in [4.69, 9.17) is 10.5 Å². The van der Waals surface area contributed by atoms with Crippen molar-refractivity contribution in [2.45, 2.75) is 6.42 Å². The zero-order valence-electron chi connectivity index (χ0n) is 10.2. The number of amides is 1. The molecule has 0 unspecified atom stereocenters. The van der Waals surface area contributed by atoms with Crippen LogP contribution in [0.15, 0.2) is 24.3 Å². The van der Waals surface area contributed by atoms with Crippen LogP contribution >= 0.6 is 11.3 Å². The summed E-state index contributed by atoms with van der Waals surface area (Å²) in [7, 11) is 1.64. The lowest BCUT2D eigenvalue weighted by molar-refractivity contribution is 0.0953. The van der Waals surface area contributed by atoms with E-state index in [0.29, 0.717) is 23.7 Å². The number of ether oxygens (including phenoxy) is 1. The van der Waals surface area contributed by atoms with Gasteiger partial charge in [-0.2, -0.15) is 0 Å². The predicted octanol–water partition coefficient (Wildman–Crippen LogP) is 2.25. The average molecular weight is 264 g/mol. The van der Waals surface area contributed by atoms with Gasteiger partial charge in [0.2, 0.25) is 0 Å². The van der Waals surface area contributed by atoms with Crippen molar-refractivity contribution in [1.29, 1.82) is 0 Å². The number of carbonyl (C=O) groups is 1. The van der Waals surface area contributed by atoms with E-state index < -0.39 is 0 Å². The number of fused-ring (bicyclic) bond motifs is 1. The maximum absolute atomic E-state index is 12.0. The Labute approximate surface area is 110 Å². The minimum Gasteiger partial charge on any atom is -0.397 e. The summed E-state index contributed by atoms with van der Waals surface area (Å²) in [6.07, 6.45) is 0.799. The third-order valence-electron chi connectivity index (χ3n) is 2.65. The first-order valence-electron chi connectivity index (χ1n) is 5.78. The van der Waals surface area contributed by atoms with Crippen molar-refractivity contribution in [2.24, 2.45) is 0 Å². The molecular formula is C13H16N2O2S. The van der Waals surface area contributed by atoms with E-state index in [0.717, 1.165) is 16.5 Å². The number of nitrogens with two attached hydrogens (primary N) is 1. The van der Waals surface area contributed by atoms with Crippen LogP contribution in [0.3, 0.4) is 0 Å². The standard InChI is InChI=1S/C13H16N2O2S/c1-17-8-4-7-15-13(16)12-11(14)9-5-2-3-6-10(9)18-12/h2-3,5-6H,4,7-8,14H2,1H3,(H,15,16). The van der Waals surface area contributed by atoms with Gasteiger partial charge in [-0.25, -0.2) is 0 Å². The molecule has 0 radical (unpaired) electrons. The minimum atomic E-state index is -0.107. The van der Waals surface area contributed by atoms with Crippen LogP contribution in [-0.4, -0.2) is 26.2 Å². The van der Waals surface area contributed by atoms with Crippen molar-refractivity contribution >= 4 is 33.0 Å². The van der Waals surface area contributed by atoms with E-state index in [-0.39, 0.29) is 5.91 Å². The molecule has 2 aromatic rings. The molecule has 0 atom stereocenters. The predicted molar refractivity (Wildman–Crippen MR) is 75.1 cm³/mol. The Kier molecular flexibility index (Phi) is 4.17. The van der Waals surface area contributed by atoms with Crippen LogP contribution in [0, 0.1) is 0 Å². The van der Waals surface area contributed by atoms with Crippen LogP contribution in [0.1, 0.15) is 16.1 Å². The van der Waals surface area contributed by atoms with Gasteiger partial charge in [-0.1, -0.05) is 18.2 Å². The molecule has 3 N–H and O–H groups in total. The number of hydrogen-bond donors (Lipinski definition) is 2. The van der Waals surface area contributed by atoms with Crippen LogP contribution in [0.25, 0.3) is 10.1 Å². The number of hydrogen-bond acceptors (Lipinski definition) is 4. The molecule has 0 fully saturated rings. The molecule has 5 heteroatoms. The van der Waals surface area contributed by atoms with Gasteiger partial charge in [-0.05, 0) is 12.5 Å². The summed E-state index contributed by atoms with van der Waals surface area (Å²) in [4.78, 5) is 12.6. The largest absolute Gasteiger partial charge is 0.397 e. The molecule has 0 saturated heterocycles. The number of benzene rings is 1. The summed E-state index contributed by atoms with van der Waals surface area (Å²) in [6, 6.07) is 7.77. The van der Waals surface area contributed by atoms with E-state index in [1.807, 2.05) is 24.3 Å². The number of nitrogen functional groups attached to an aromatic ring is 1. The lowest BCUT2D eigenvalue weighted by Crippen LogP contribution is -2.25. The number of methoxy groups -OCH3 is 1. The van der Waals surface area contributed by atoms with Gasteiger partial charge in [0, 0.05) is 30.3 Å². The maximum Gasteiger partial charge on any atom is 0.263 e. The molecule has 18 heavy (non-hydrogen) atoms. The Hall–Kier alpha value is -1.59. The molecule has 0 aliphatic heterocycles. The Balaban J connectivity index is 2.10. The van der Waals surface area contributed by atoms with Gasteiger partial charge in [0.05, 0.1) is 5.69 Å². The second-order valence-electron chi connectivity index (χ2n) is 3.94. The van der Waals surface area contributed by atoms with Gasteiger partial charge >= 0.3 is 0 Å². The monoisotopic (exact) mass is 264 g/mol. The van der Waals surface area contributed by atoms with Crippen LogP contribution in [0.5, 0.6) is 0 Å². The zero-order valence-corrected chi connectivity index (χ0v) is 11.0. The molecule has 0 spiro atoms. The highest BCUT2D eigenvalue weighted by atomic mass is 32.1. The summed E-state index contributed by atoms with van der Waals surface area (Å²) < 4.78 is 5.97. The van der Waals surface area contributed by atoms with E-state index in [2.05, 4.69) is 5.32 Å². The normalized spacial score (nSPS) is 10.7. The first-order chi connectivity index (χ1) is 8.74. The van der Waals surface area contributed by atoms with Gasteiger partial charge in [0.25, 0.3) is 5.91 Å². The molecule has 0 bridgehead atoms. The fourth-order valence-corrected chi connectivity index (χ4v) is 2.77. The number of nitrogens with one attached hydrogen (secondary N) is 1. The molecule has 0 saturated carbocycles. The number of carbonyl (C=O) groups excluding carboxylic acids is 1. The van der Waals surface area contributed by atoms with Gasteiger partial charge in [-0.15, -0.1) is 11.3 Å². The first kappa shape index (κ1) is 12.9. The number of rotatable bonds is 5. The minimum absolute atomic E-state index is 0.107. The second kappa shape index (κ2) is 5.84. The van der Waals surface area contributed by atoms with E-state index in [1.54, 1.807) is 7.11 Å². The van der Waals surface area contributed by atoms with Crippen molar-refractivity contribution in [3.63, 3.8) is 0 Å². The van der Waals surface area contributed by atoms with Crippen molar-refractivity contribution in [2.75, 3.05) is 26.0 Å². The van der Waals surface area contributed by atoms with Gasteiger partial charge < -0.3 is 15.8 Å². The Morgan fingerprint density at radius 2 is 2.22 bits per heavy atom. The highest BCUT2D eigenvalue weighted by Gasteiger charge is 2.15. The SMILES string of the molecule is COCCCNC(=O)c1sc2ccccc2c1N. The van der Waals surface area contributed by atoms with Crippen LogP contribution in [0.2, 0.25) is 0 Å². The molecule has 1 heterocycles. The van der Waals surface area contributed by atoms with Crippen molar-refractivity contribution in [3.8, 4) is 0 Å². The number of thiophene rings is 1. The van der Waals surface area contributed by atoms with Crippen molar-refractivity contribution in [3.05, 3.63) is 29.1 Å². The highest BCUT2D eigenvalue weighted by Crippen LogP contribution is 2.33. The molecular weight excluding hydrogens is 248 g/mol. The van der Waals surface area contributed by atoms with Crippen LogP contribution in [-0.2, 0) is 4.74 Å². The smallest absolute Gasteiger partial charge is 0.263 e. The molecule has 2 rings (SSSR count). The molecule has 4 nitrogen and oxygen atoms in total. The summed E-state index contributed by atoms with van der Waals surface area (Å²) in [5.41, 5.74) is 6.56. The van der Waals surface area contributed by atoms with Crippen LogP contribution in [0.4, 0.5) is 5.69 Å². The van der Waals surface area contributed by atoms with Crippen molar-refractivity contribution < 1.29 is 9.53 Å². The molecule has 1 aromatic carbocycles. The quantitative estimate of drug-likeness (QED) is 0.814. The Morgan fingerprint density at radius 1 is 1.44 bits per heavy atom. The fraction of sp³-hybridized carbons (Fsp3) is 0.308. The van der Waals surface area contributed by atoms with Gasteiger partial charge in [-0.3, -0.25) is 4.79 Å². The summed E-state index contributed by atoms with van der Waals surface area (Å²) in [5.74, 6) is -0.107. The summed E-state index contributed by atoms with van der Waals surface area (Å²) in [5, 5.41) is 3.80. The highest BCUT2D eigenvalue weighted by molar-refractivity contribution is 7.21. The Bertz CT molecular complexity index is 551. The van der Waals surface area contributed by atoms with Crippen LogP contribution < -0.4 is 11.1 Å². The third-order valence-corrected chi connectivity index (χ3v) is 3.84. The second-order valence-corrected chi connectivity index (χ2v) is 5.00. The van der Waals surface area contributed by atoms with E-state index >= 15 is 0 Å². The lowest BCUT2D eigenvalue weighted by Gasteiger charge is -2.03. The third kappa shape index (κ3) is 2.63. The van der Waals surface area contributed by atoms with Crippen molar-refractivity contribution in [1.82, 2.24) is 5.32 Å². The first-order valence-corrected chi connectivity index (χ1v) is 6.60.